The van der Waals surface area contributed by atoms with Crippen LogP contribution in [0.5, 0.6) is 5.75 Å². The number of aromatic nitrogens is 2. The standard InChI is InChI=1S/C11H11FN2O/c1-3-8-10-7(12)4-5-9(15-2)11(10)14-6-13-8/h4-6H,3H2,1-2H3. The summed E-state index contributed by atoms with van der Waals surface area (Å²) in [6.45, 7) is 1.93. The predicted molar refractivity (Wildman–Crippen MR) is 55.4 cm³/mol. The summed E-state index contributed by atoms with van der Waals surface area (Å²) in [5, 5.41) is 0.458. The lowest BCUT2D eigenvalue weighted by Gasteiger charge is -2.07. The van der Waals surface area contributed by atoms with Gasteiger partial charge in [-0.1, -0.05) is 6.92 Å². The Bertz CT molecular complexity index is 499. The summed E-state index contributed by atoms with van der Waals surface area (Å²) in [4.78, 5) is 8.10. The number of nitrogens with zero attached hydrogens (tertiary/aromatic N) is 2. The number of aryl methyl sites for hydroxylation is 1. The second-order valence-electron chi connectivity index (χ2n) is 3.15. The van der Waals surface area contributed by atoms with Crippen molar-refractivity contribution in [2.24, 2.45) is 0 Å². The fourth-order valence-corrected chi connectivity index (χ4v) is 1.60. The molecule has 0 atom stereocenters. The lowest BCUT2D eigenvalue weighted by Crippen LogP contribution is -1.96. The SMILES string of the molecule is CCc1ncnc2c(OC)ccc(F)c12. The lowest BCUT2D eigenvalue weighted by molar-refractivity contribution is 0.418. The number of fused-ring (bicyclic) bond motifs is 1. The highest BCUT2D eigenvalue weighted by Gasteiger charge is 2.11. The van der Waals surface area contributed by atoms with Gasteiger partial charge in [0.2, 0.25) is 0 Å². The van der Waals surface area contributed by atoms with Gasteiger partial charge in [0, 0.05) is 0 Å². The Morgan fingerprint density at radius 3 is 2.80 bits per heavy atom. The van der Waals surface area contributed by atoms with E-state index in [1.165, 1.54) is 12.4 Å². The molecule has 2 aromatic rings. The molecule has 15 heavy (non-hydrogen) atoms. The normalized spacial score (nSPS) is 10.6. The summed E-state index contributed by atoms with van der Waals surface area (Å²) < 4.78 is 18.7. The first-order chi connectivity index (χ1) is 7.27. The molecule has 1 heterocycles. The van der Waals surface area contributed by atoms with Crippen molar-refractivity contribution in [3.05, 3.63) is 30.0 Å². The van der Waals surface area contributed by atoms with Crippen molar-refractivity contribution < 1.29 is 9.13 Å². The summed E-state index contributed by atoms with van der Waals surface area (Å²) in [6, 6.07) is 2.95. The van der Waals surface area contributed by atoms with Crippen LogP contribution in [0.15, 0.2) is 18.5 Å². The molecule has 4 heteroatoms. The van der Waals surface area contributed by atoms with Crippen LogP contribution in [-0.2, 0) is 6.42 Å². The molecule has 78 valence electrons. The highest BCUT2D eigenvalue weighted by atomic mass is 19.1. The minimum absolute atomic E-state index is 0.303. The molecular weight excluding hydrogens is 195 g/mol. The first-order valence-corrected chi connectivity index (χ1v) is 4.74. The highest BCUT2D eigenvalue weighted by molar-refractivity contribution is 5.86. The number of hydrogen-bond acceptors (Lipinski definition) is 3. The van der Waals surface area contributed by atoms with E-state index in [0.29, 0.717) is 28.8 Å². The van der Waals surface area contributed by atoms with Gasteiger partial charge in [0.15, 0.2) is 0 Å². The van der Waals surface area contributed by atoms with E-state index in [0.717, 1.165) is 0 Å². The van der Waals surface area contributed by atoms with Crippen LogP contribution in [0.3, 0.4) is 0 Å². The van der Waals surface area contributed by atoms with Gasteiger partial charge in [-0.15, -0.1) is 0 Å². The average molecular weight is 206 g/mol. The fourth-order valence-electron chi connectivity index (χ4n) is 1.60. The van der Waals surface area contributed by atoms with Gasteiger partial charge in [-0.2, -0.15) is 0 Å². The Morgan fingerprint density at radius 1 is 1.33 bits per heavy atom. The summed E-state index contributed by atoms with van der Waals surface area (Å²) >= 11 is 0. The van der Waals surface area contributed by atoms with Crippen molar-refractivity contribution in [1.82, 2.24) is 9.97 Å². The third-order valence-electron chi connectivity index (χ3n) is 2.33. The molecule has 0 bridgehead atoms. The largest absolute Gasteiger partial charge is 0.494 e. The topological polar surface area (TPSA) is 35.0 Å². The second kappa shape index (κ2) is 3.81. The Balaban J connectivity index is 2.86. The zero-order chi connectivity index (χ0) is 10.8. The van der Waals surface area contributed by atoms with Crippen molar-refractivity contribution in [3.63, 3.8) is 0 Å². The first-order valence-electron chi connectivity index (χ1n) is 4.74. The molecular formula is C11H11FN2O. The van der Waals surface area contributed by atoms with E-state index in [9.17, 15) is 4.39 Å². The molecule has 0 aliphatic carbocycles. The third-order valence-corrected chi connectivity index (χ3v) is 2.33. The summed E-state index contributed by atoms with van der Waals surface area (Å²) in [6.07, 6.45) is 2.10. The van der Waals surface area contributed by atoms with Gasteiger partial charge in [0.05, 0.1) is 18.2 Å². The molecule has 2 rings (SSSR count). The number of methoxy groups -OCH3 is 1. The van der Waals surface area contributed by atoms with E-state index in [4.69, 9.17) is 4.74 Å². The molecule has 0 aliphatic heterocycles. The minimum atomic E-state index is -0.303. The zero-order valence-electron chi connectivity index (χ0n) is 8.62. The molecule has 0 N–H and O–H groups in total. The van der Waals surface area contributed by atoms with E-state index in [2.05, 4.69) is 9.97 Å². The van der Waals surface area contributed by atoms with Gasteiger partial charge in [-0.25, -0.2) is 14.4 Å². The Kier molecular flexibility index (Phi) is 2.49. The van der Waals surface area contributed by atoms with Crippen LogP contribution in [-0.4, -0.2) is 17.1 Å². The fraction of sp³-hybridized carbons (Fsp3) is 0.273. The average Bonchev–Trinajstić information content (AvgIpc) is 2.29. The van der Waals surface area contributed by atoms with Gasteiger partial charge in [0.1, 0.15) is 23.4 Å². The van der Waals surface area contributed by atoms with E-state index in [1.54, 1.807) is 13.2 Å². The molecule has 0 aliphatic rings. The Hall–Kier alpha value is -1.71. The van der Waals surface area contributed by atoms with E-state index in [-0.39, 0.29) is 5.82 Å². The van der Waals surface area contributed by atoms with Gasteiger partial charge >= 0.3 is 0 Å². The van der Waals surface area contributed by atoms with Crippen LogP contribution in [0.2, 0.25) is 0 Å². The van der Waals surface area contributed by atoms with E-state index in [1.807, 2.05) is 6.92 Å². The molecule has 0 unspecified atom stereocenters. The Morgan fingerprint density at radius 2 is 2.13 bits per heavy atom. The summed E-state index contributed by atoms with van der Waals surface area (Å²) in [5.74, 6) is 0.270. The van der Waals surface area contributed by atoms with Crippen molar-refractivity contribution in [2.75, 3.05) is 7.11 Å². The molecule has 3 nitrogen and oxygen atoms in total. The monoisotopic (exact) mass is 206 g/mol. The number of hydrogen-bond donors (Lipinski definition) is 0. The number of halogens is 1. The van der Waals surface area contributed by atoms with E-state index >= 15 is 0 Å². The maximum Gasteiger partial charge on any atom is 0.145 e. The minimum Gasteiger partial charge on any atom is -0.494 e. The third kappa shape index (κ3) is 1.52. The Labute approximate surface area is 86.9 Å². The van der Waals surface area contributed by atoms with Crippen LogP contribution in [0.1, 0.15) is 12.6 Å². The molecule has 0 saturated heterocycles. The van der Waals surface area contributed by atoms with Crippen LogP contribution in [0, 0.1) is 5.82 Å². The molecule has 0 amide bonds. The second-order valence-corrected chi connectivity index (χ2v) is 3.15. The molecule has 1 aromatic heterocycles. The van der Waals surface area contributed by atoms with Crippen molar-refractivity contribution >= 4 is 10.9 Å². The smallest absolute Gasteiger partial charge is 0.145 e. The molecule has 0 fully saturated rings. The highest BCUT2D eigenvalue weighted by Crippen LogP contribution is 2.27. The van der Waals surface area contributed by atoms with Gasteiger partial charge in [-0.05, 0) is 18.6 Å². The predicted octanol–water partition coefficient (Wildman–Crippen LogP) is 2.34. The summed E-state index contributed by atoms with van der Waals surface area (Å²) in [7, 11) is 1.54. The van der Waals surface area contributed by atoms with Crippen molar-refractivity contribution in [3.8, 4) is 5.75 Å². The number of ether oxygens (including phenoxy) is 1. The maximum atomic E-state index is 13.6. The molecule has 1 aromatic carbocycles. The first kappa shape index (κ1) is 9.83. The van der Waals surface area contributed by atoms with Crippen molar-refractivity contribution in [1.29, 1.82) is 0 Å². The van der Waals surface area contributed by atoms with Gasteiger partial charge in [-0.3, -0.25) is 0 Å². The number of rotatable bonds is 2. The molecule has 0 radical (unpaired) electrons. The van der Waals surface area contributed by atoms with Crippen molar-refractivity contribution in [2.45, 2.75) is 13.3 Å². The summed E-state index contributed by atoms with van der Waals surface area (Å²) in [5.41, 5.74) is 1.24. The molecule has 0 saturated carbocycles. The zero-order valence-corrected chi connectivity index (χ0v) is 8.62. The van der Waals surface area contributed by atoms with Crippen LogP contribution < -0.4 is 4.74 Å². The molecule has 0 spiro atoms. The quantitative estimate of drug-likeness (QED) is 0.756. The van der Waals surface area contributed by atoms with Crippen LogP contribution >= 0.6 is 0 Å². The number of benzene rings is 1. The van der Waals surface area contributed by atoms with Gasteiger partial charge < -0.3 is 4.74 Å². The van der Waals surface area contributed by atoms with Crippen LogP contribution in [0.4, 0.5) is 4.39 Å². The van der Waals surface area contributed by atoms with Crippen LogP contribution in [0.25, 0.3) is 10.9 Å². The van der Waals surface area contributed by atoms with Gasteiger partial charge in [0.25, 0.3) is 0 Å². The van der Waals surface area contributed by atoms with E-state index < -0.39 is 0 Å². The maximum absolute atomic E-state index is 13.6. The lowest BCUT2D eigenvalue weighted by atomic mass is 10.1.